The Morgan fingerprint density at radius 3 is 2.27 bits per heavy atom. The van der Waals surface area contributed by atoms with Gasteiger partial charge in [0, 0.05) is 5.56 Å². The summed E-state index contributed by atoms with van der Waals surface area (Å²) in [5.74, 6) is 3.38. The van der Waals surface area contributed by atoms with E-state index in [0.717, 1.165) is 65.3 Å². The molecule has 0 atom stereocenters. The van der Waals surface area contributed by atoms with Crippen LogP contribution in [0.3, 0.4) is 0 Å². The monoisotopic (exact) mass is 439 g/mol. The van der Waals surface area contributed by atoms with Gasteiger partial charge < -0.3 is 13.9 Å². The third-order valence-corrected chi connectivity index (χ3v) is 6.10. The molecule has 168 valence electrons. The van der Waals surface area contributed by atoms with E-state index >= 15 is 0 Å². The number of rotatable bonds is 9. The van der Waals surface area contributed by atoms with Gasteiger partial charge in [0.05, 0.1) is 18.4 Å². The fourth-order valence-corrected chi connectivity index (χ4v) is 3.99. The van der Waals surface area contributed by atoms with E-state index in [1.54, 1.807) is 0 Å². The van der Waals surface area contributed by atoms with Gasteiger partial charge in [-0.3, -0.25) is 0 Å². The molecular formula is C29H29NO3. The average molecular weight is 440 g/mol. The molecule has 1 aliphatic rings. The summed E-state index contributed by atoms with van der Waals surface area (Å²) in [6.45, 7) is 2.60. The van der Waals surface area contributed by atoms with Crippen molar-refractivity contribution in [3.63, 3.8) is 0 Å². The molecule has 4 heteroatoms. The number of aromatic nitrogens is 1. The molecule has 1 fully saturated rings. The zero-order chi connectivity index (χ0) is 22.5. The van der Waals surface area contributed by atoms with Crippen molar-refractivity contribution >= 4 is 0 Å². The molecule has 0 saturated heterocycles. The topological polar surface area (TPSA) is 44.5 Å². The third kappa shape index (κ3) is 5.28. The first kappa shape index (κ1) is 21.3. The zero-order valence-electron chi connectivity index (χ0n) is 19.0. The van der Waals surface area contributed by atoms with E-state index in [1.807, 2.05) is 55.5 Å². The van der Waals surface area contributed by atoms with Crippen LogP contribution in [0.5, 0.6) is 11.5 Å². The van der Waals surface area contributed by atoms with Crippen LogP contribution in [0.1, 0.15) is 37.1 Å². The van der Waals surface area contributed by atoms with Crippen LogP contribution >= 0.6 is 0 Å². The molecule has 0 unspecified atom stereocenters. The highest BCUT2D eigenvalue weighted by molar-refractivity contribution is 5.66. The summed E-state index contributed by atoms with van der Waals surface area (Å²) in [6, 6.07) is 26.6. The van der Waals surface area contributed by atoms with Crippen molar-refractivity contribution in [2.24, 2.45) is 0 Å². The quantitative estimate of drug-likeness (QED) is 0.257. The fourth-order valence-electron chi connectivity index (χ4n) is 3.99. The summed E-state index contributed by atoms with van der Waals surface area (Å²) < 4.78 is 18.0. The Bertz CT molecular complexity index is 1190. The van der Waals surface area contributed by atoms with E-state index < -0.39 is 0 Å². The van der Waals surface area contributed by atoms with E-state index in [0.29, 0.717) is 18.6 Å². The lowest BCUT2D eigenvalue weighted by molar-refractivity contribution is 0.120. The number of hydrogen-bond acceptors (Lipinski definition) is 4. The number of ether oxygens (including phenoxy) is 2. The Balaban J connectivity index is 1.17. The molecule has 4 aromatic rings. The first-order chi connectivity index (χ1) is 16.2. The first-order valence-corrected chi connectivity index (χ1v) is 11.8. The summed E-state index contributed by atoms with van der Waals surface area (Å²) in [5, 5.41) is 0. The van der Waals surface area contributed by atoms with E-state index in [4.69, 9.17) is 13.9 Å². The summed E-state index contributed by atoms with van der Waals surface area (Å²) >= 11 is 0. The number of oxazole rings is 1. The third-order valence-electron chi connectivity index (χ3n) is 6.10. The second-order valence-corrected chi connectivity index (χ2v) is 8.57. The minimum absolute atomic E-state index is 0.382. The van der Waals surface area contributed by atoms with Crippen molar-refractivity contribution in [1.29, 1.82) is 0 Å². The maximum atomic E-state index is 6.06. The highest BCUT2D eigenvalue weighted by Gasteiger charge is 2.19. The Labute approximate surface area is 195 Å². The number of aryl methyl sites for hydroxylation is 2. The maximum absolute atomic E-state index is 6.06. The van der Waals surface area contributed by atoms with Gasteiger partial charge in [-0.1, -0.05) is 42.5 Å². The predicted octanol–water partition coefficient (Wildman–Crippen LogP) is 7.26. The van der Waals surface area contributed by atoms with Crippen LogP contribution in [0.15, 0.2) is 83.3 Å². The highest BCUT2D eigenvalue weighted by Crippen LogP contribution is 2.30. The molecule has 0 bridgehead atoms. The van der Waals surface area contributed by atoms with Crippen LogP contribution in [0.4, 0.5) is 0 Å². The van der Waals surface area contributed by atoms with E-state index in [-0.39, 0.29) is 0 Å². The lowest BCUT2D eigenvalue weighted by Gasteiger charge is -2.26. The molecule has 1 heterocycles. The summed E-state index contributed by atoms with van der Waals surface area (Å²) in [6.07, 6.45) is 5.67. The van der Waals surface area contributed by atoms with Crippen molar-refractivity contribution in [3.8, 4) is 34.1 Å². The van der Waals surface area contributed by atoms with E-state index in [1.165, 1.54) is 6.42 Å². The van der Waals surface area contributed by atoms with Gasteiger partial charge in [-0.25, -0.2) is 4.98 Å². The molecule has 1 saturated carbocycles. The minimum Gasteiger partial charge on any atom is -0.494 e. The van der Waals surface area contributed by atoms with Gasteiger partial charge in [-0.15, -0.1) is 0 Å². The Hall–Kier alpha value is -3.53. The van der Waals surface area contributed by atoms with Crippen LogP contribution in [-0.4, -0.2) is 17.7 Å². The number of hydrogen-bond donors (Lipinski definition) is 0. The lowest BCUT2D eigenvalue weighted by Crippen LogP contribution is -2.24. The first-order valence-electron chi connectivity index (χ1n) is 11.8. The Kier molecular flexibility index (Phi) is 6.43. The molecule has 5 rings (SSSR count). The van der Waals surface area contributed by atoms with Gasteiger partial charge in [0.1, 0.15) is 17.3 Å². The molecule has 0 spiro atoms. The van der Waals surface area contributed by atoms with Crippen molar-refractivity contribution in [1.82, 2.24) is 4.98 Å². The molecule has 0 radical (unpaired) electrons. The molecular weight excluding hydrogens is 410 g/mol. The standard InChI is InChI=1S/C29H29NO3/c1-21-28(30-29(32-21)22-9-3-2-4-10-22)17-8-18-31-26-15-5-11-23(19-26)24-12-6-16-27(20-24)33-25-13-7-14-25/h2-6,9-12,15-16,19-20,25H,7-8,13-14,17-18H2,1H3. The van der Waals surface area contributed by atoms with Gasteiger partial charge in [-0.05, 0) is 86.6 Å². The van der Waals surface area contributed by atoms with Gasteiger partial charge in [0.2, 0.25) is 5.89 Å². The highest BCUT2D eigenvalue weighted by atomic mass is 16.5. The molecule has 4 nitrogen and oxygen atoms in total. The second-order valence-electron chi connectivity index (χ2n) is 8.57. The smallest absolute Gasteiger partial charge is 0.226 e. The van der Waals surface area contributed by atoms with Crippen molar-refractivity contribution in [2.75, 3.05) is 6.61 Å². The molecule has 1 aliphatic carbocycles. The minimum atomic E-state index is 0.382. The number of nitrogens with zero attached hydrogens (tertiary/aromatic N) is 1. The normalized spacial score (nSPS) is 13.5. The Morgan fingerprint density at radius 1 is 0.848 bits per heavy atom. The van der Waals surface area contributed by atoms with Gasteiger partial charge in [-0.2, -0.15) is 0 Å². The van der Waals surface area contributed by atoms with Crippen molar-refractivity contribution in [2.45, 2.75) is 45.1 Å². The largest absolute Gasteiger partial charge is 0.494 e. The lowest BCUT2D eigenvalue weighted by atomic mass is 9.96. The van der Waals surface area contributed by atoms with Gasteiger partial charge in [0.15, 0.2) is 0 Å². The molecule has 1 aromatic heterocycles. The molecule has 0 aliphatic heterocycles. The maximum Gasteiger partial charge on any atom is 0.226 e. The molecule has 0 N–H and O–H groups in total. The van der Waals surface area contributed by atoms with Gasteiger partial charge >= 0.3 is 0 Å². The summed E-state index contributed by atoms with van der Waals surface area (Å²) in [5.41, 5.74) is 4.27. The SMILES string of the molecule is Cc1oc(-c2ccccc2)nc1CCCOc1cccc(-c2cccc(OC3CCC3)c2)c1. The zero-order valence-corrected chi connectivity index (χ0v) is 19.0. The summed E-state index contributed by atoms with van der Waals surface area (Å²) in [4.78, 5) is 4.68. The van der Waals surface area contributed by atoms with Crippen molar-refractivity contribution < 1.29 is 13.9 Å². The van der Waals surface area contributed by atoms with Crippen LogP contribution < -0.4 is 9.47 Å². The van der Waals surface area contributed by atoms with Crippen LogP contribution in [-0.2, 0) is 6.42 Å². The molecule has 33 heavy (non-hydrogen) atoms. The van der Waals surface area contributed by atoms with Crippen LogP contribution in [0.25, 0.3) is 22.6 Å². The van der Waals surface area contributed by atoms with Crippen LogP contribution in [0.2, 0.25) is 0 Å². The Morgan fingerprint density at radius 2 is 1.55 bits per heavy atom. The molecule has 3 aromatic carbocycles. The van der Waals surface area contributed by atoms with Crippen LogP contribution in [0, 0.1) is 6.92 Å². The molecule has 0 amide bonds. The van der Waals surface area contributed by atoms with Crippen molar-refractivity contribution in [3.05, 3.63) is 90.3 Å². The van der Waals surface area contributed by atoms with Gasteiger partial charge in [0.25, 0.3) is 0 Å². The summed E-state index contributed by atoms with van der Waals surface area (Å²) in [7, 11) is 0. The van der Waals surface area contributed by atoms with E-state index in [9.17, 15) is 0 Å². The predicted molar refractivity (Wildman–Crippen MR) is 131 cm³/mol. The van der Waals surface area contributed by atoms with E-state index in [2.05, 4.69) is 35.3 Å². The second kappa shape index (κ2) is 9.95. The average Bonchev–Trinajstić information content (AvgIpc) is 3.20. The fraction of sp³-hybridized carbons (Fsp3) is 0.276. The number of benzene rings is 3.